The topological polar surface area (TPSA) is 106 Å². The van der Waals surface area contributed by atoms with Crippen molar-refractivity contribution in [3.05, 3.63) is 88.3 Å². The van der Waals surface area contributed by atoms with Crippen molar-refractivity contribution in [2.24, 2.45) is 0 Å². The minimum atomic E-state index is -2.81. The maximum atomic E-state index is 15.2. The molecule has 3 aromatic rings. The molecular weight excluding hydrogens is 631 g/mol. The van der Waals surface area contributed by atoms with Crippen LogP contribution >= 0.6 is 11.6 Å². The van der Waals surface area contributed by atoms with Crippen LogP contribution in [0, 0.1) is 17.1 Å². The number of alkyl halides is 2. The number of benzene rings is 2. The Morgan fingerprint density at radius 2 is 1.83 bits per heavy atom. The largest absolute Gasteiger partial charge is 0.351 e. The summed E-state index contributed by atoms with van der Waals surface area (Å²) in [6.45, 7) is 0. The lowest BCUT2D eigenvalue weighted by Gasteiger charge is -2.36. The average molecular weight is 664 g/mol. The molecule has 12 heteroatoms. The number of anilines is 2. The Morgan fingerprint density at radius 3 is 2.53 bits per heavy atom. The predicted octanol–water partition coefficient (Wildman–Crippen LogP) is 6.98. The lowest BCUT2D eigenvalue weighted by molar-refractivity contribution is -0.128. The zero-order valence-corrected chi connectivity index (χ0v) is 26.2. The van der Waals surface area contributed by atoms with Crippen molar-refractivity contribution in [1.29, 1.82) is 5.26 Å². The molecule has 0 radical (unpaired) electrons. The number of nitrogens with one attached hydrogen (secondary N) is 1. The van der Waals surface area contributed by atoms with E-state index < -0.39 is 41.7 Å². The molecule has 3 aliphatic rings. The zero-order chi connectivity index (χ0) is 33.3. The third kappa shape index (κ3) is 7.28. The monoisotopic (exact) mass is 663 g/mol. The summed E-state index contributed by atoms with van der Waals surface area (Å²) in [6.07, 6.45) is 2.71. The first-order valence-corrected chi connectivity index (χ1v) is 16.1. The molecule has 1 aliphatic heterocycles. The number of nitrogens with zero attached hydrogens (tertiary/aromatic N) is 4. The Kier molecular flexibility index (Phi) is 9.24. The number of pyridine rings is 1. The van der Waals surface area contributed by atoms with E-state index in [0.29, 0.717) is 17.5 Å². The van der Waals surface area contributed by atoms with Crippen molar-refractivity contribution >= 4 is 40.8 Å². The van der Waals surface area contributed by atoms with Crippen molar-refractivity contribution < 1.29 is 27.6 Å². The molecule has 0 unspecified atom stereocenters. The fraction of sp³-hybridized carbons (Fsp3) is 0.400. The summed E-state index contributed by atoms with van der Waals surface area (Å²) in [5, 5.41) is 12.5. The van der Waals surface area contributed by atoms with Gasteiger partial charge in [0.2, 0.25) is 23.6 Å². The molecule has 244 valence electrons. The van der Waals surface area contributed by atoms with Gasteiger partial charge in [-0.2, -0.15) is 5.26 Å². The van der Waals surface area contributed by atoms with Crippen LogP contribution in [-0.2, 0) is 14.4 Å². The maximum absolute atomic E-state index is 15.2. The molecule has 1 aromatic heterocycles. The van der Waals surface area contributed by atoms with Crippen molar-refractivity contribution in [2.75, 3.05) is 9.80 Å². The molecule has 3 amide bonds. The molecule has 8 nitrogen and oxygen atoms in total. The summed E-state index contributed by atoms with van der Waals surface area (Å²) in [7, 11) is 0. The molecule has 0 bridgehead atoms. The SMILES string of the molecule is N#Cc1ccnc(N2C(=O)CC[C@H]2CC(=O)N(c2cc(F)cc(C3CC3)c2)[C@H](C(=O)NC2CCC(F)(F)CC2)c2ccccc2Cl)c1. The number of hydrogen-bond donors (Lipinski definition) is 1. The average Bonchev–Trinajstić information content (AvgIpc) is 3.84. The van der Waals surface area contributed by atoms with Gasteiger partial charge in [-0.05, 0) is 80.0 Å². The highest BCUT2D eigenvalue weighted by molar-refractivity contribution is 6.31. The third-order valence-corrected chi connectivity index (χ3v) is 9.47. The van der Waals surface area contributed by atoms with E-state index in [1.54, 1.807) is 30.3 Å². The highest BCUT2D eigenvalue weighted by atomic mass is 35.5. The van der Waals surface area contributed by atoms with Crippen LogP contribution in [0.4, 0.5) is 24.7 Å². The normalized spacial score (nSPS) is 20.0. The highest BCUT2D eigenvalue weighted by Gasteiger charge is 2.42. The van der Waals surface area contributed by atoms with Gasteiger partial charge in [0, 0.05) is 60.2 Å². The molecule has 1 N–H and O–H groups in total. The van der Waals surface area contributed by atoms with E-state index >= 15 is 4.39 Å². The summed E-state index contributed by atoms with van der Waals surface area (Å²) in [4.78, 5) is 48.8. The Balaban J connectivity index is 1.40. The van der Waals surface area contributed by atoms with Gasteiger partial charge in [-0.25, -0.2) is 18.2 Å². The summed E-state index contributed by atoms with van der Waals surface area (Å²) < 4.78 is 43.1. The molecule has 2 aliphatic carbocycles. The number of aromatic nitrogens is 1. The summed E-state index contributed by atoms with van der Waals surface area (Å²) in [5.74, 6) is -4.52. The van der Waals surface area contributed by atoms with E-state index in [1.807, 2.05) is 6.07 Å². The zero-order valence-electron chi connectivity index (χ0n) is 25.5. The van der Waals surface area contributed by atoms with Crippen LogP contribution in [0.2, 0.25) is 5.02 Å². The van der Waals surface area contributed by atoms with Crippen LogP contribution in [0.5, 0.6) is 0 Å². The smallest absolute Gasteiger partial charge is 0.248 e. The number of carbonyl (C=O) groups excluding carboxylic acids is 3. The molecule has 2 aromatic carbocycles. The molecule has 2 saturated carbocycles. The van der Waals surface area contributed by atoms with Gasteiger partial charge in [0.15, 0.2) is 0 Å². The van der Waals surface area contributed by atoms with Crippen molar-refractivity contribution in [1.82, 2.24) is 10.3 Å². The number of nitriles is 1. The van der Waals surface area contributed by atoms with Crippen LogP contribution in [0.3, 0.4) is 0 Å². The van der Waals surface area contributed by atoms with E-state index in [9.17, 15) is 28.4 Å². The van der Waals surface area contributed by atoms with E-state index in [2.05, 4.69) is 10.3 Å². The Morgan fingerprint density at radius 1 is 1.09 bits per heavy atom. The fourth-order valence-corrected chi connectivity index (χ4v) is 6.79. The van der Waals surface area contributed by atoms with Crippen LogP contribution in [0.25, 0.3) is 0 Å². The van der Waals surface area contributed by atoms with E-state index in [0.717, 1.165) is 12.8 Å². The fourth-order valence-electron chi connectivity index (χ4n) is 6.55. The second-order valence-electron chi connectivity index (χ2n) is 12.5. The van der Waals surface area contributed by atoms with Crippen LogP contribution in [0.15, 0.2) is 60.8 Å². The van der Waals surface area contributed by atoms with E-state index in [1.165, 1.54) is 40.3 Å². The molecule has 1 saturated heterocycles. The van der Waals surface area contributed by atoms with E-state index in [-0.39, 0.29) is 72.4 Å². The molecule has 6 rings (SSSR count). The number of hydrogen-bond acceptors (Lipinski definition) is 5. The third-order valence-electron chi connectivity index (χ3n) is 9.13. The maximum Gasteiger partial charge on any atom is 0.248 e. The molecular formula is C35H33ClF3N5O3. The van der Waals surface area contributed by atoms with Gasteiger partial charge < -0.3 is 5.32 Å². The van der Waals surface area contributed by atoms with Gasteiger partial charge in [-0.15, -0.1) is 0 Å². The second-order valence-corrected chi connectivity index (χ2v) is 12.9. The molecule has 2 heterocycles. The van der Waals surface area contributed by atoms with Gasteiger partial charge >= 0.3 is 0 Å². The lowest BCUT2D eigenvalue weighted by Crippen LogP contribution is -2.49. The summed E-state index contributed by atoms with van der Waals surface area (Å²) >= 11 is 6.64. The van der Waals surface area contributed by atoms with Gasteiger partial charge in [0.1, 0.15) is 17.7 Å². The van der Waals surface area contributed by atoms with Crippen molar-refractivity contribution in [2.45, 2.75) is 87.8 Å². The Hall–Kier alpha value is -4.43. The first-order chi connectivity index (χ1) is 22.5. The predicted molar refractivity (Wildman–Crippen MR) is 169 cm³/mol. The molecule has 47 heavy (non-hydrogen) atoms. The lowest BCUT2D eigenvalue weighted by atomic mass is 9.91. The molecule has 3 fully saturated rings. The highest BCUT2D eigenvalue weighted by Crippen LogP contribution is 2.43. The standard InChI is InChI=1S/C35H33ClF3N5O3/c36-29-4-2-1-3-28(29)33(34(47)42-25-9-12-35(38,39)13-10-25)44(27-17-23(22-5-6-22)16-24(37)18-27)32(46)19-26-7-8-31(45)43(26)30-15-21(20-40)11-14-41-30/h1-4,11,14-18,22,25-26,33H,5-10,12-13,19H2,(H,42,47)/t26-,33-/m0/s1. The van der Waals surface area contributed by atoms with Crippen molar-refractivity contribution in [3.8, 4) is 6.07 Å². The van der Waals surface area contributed by atoms with Gasteiger partial charge in [0.05, 0.1) is 11.6 Å². The van der Waals surface area contributed by atoms with Gasteiger partial charge in [0.25, 0.3) is 0 Å². The number of carbonyl (C=O) groups is 3. The van der Waals surface area contributed by atoms with Gasteiger partial charge in [-0.3, -0.25) is 24.2 Å². The first-order valence-electron chi connectivity index (χ1n) is 15.8. The summed E-state index contributed by atoms with van der Waals surface area (Å²) in [6, 6.07) is 13.2. The van der Waals surface area contributed by atoms with Crippen LogP contribution < -0.4 is 15.1 Å². The second kappa shape index (κ2) is 13.4. The van der Waals surface area contributed by atoms with Gasteiger partial charge in [-0.1, -0.05) is 29.8 Å². The Bertz CT molecular complexity index is 1730. The molecule has 2 atom stereocenters. The number of rotatable bonds is 9. The number of halogens is 4. The van der Waals surface area contributed by atoms with Crippen molar-refractivity contribution in [3.63, 3.8) is 0 Å². The molecule has 0 spiro atoms. The quantitative estimate of drug-likeness (QED) is 0.266. The summed E-state index contributed by atoms with van der Waals surface area (Å²) in [5.41, 5.74) is 1.42. The number of amides is 3. The minimum Gasteiger partial charge on any atom is -0.351 e. The Labute approximate surface area is 275 Å². The van der Waals surface area contributed by atoms with Crippen LogP contribution in [0.1, 0.15) is 86.4 Å². The first kappa shape index (κ1) is 32.5. The minimum absolute atomic E-state index is 0.0572. The van der Waals surface area contributed by atoms with E-state index in [4.69, 9.17) is 11.6 Å². The van der Waals surface area contributed by atoms with Crippen LogP contribution in [-0.4, -0.2) is 40.7 Å².